The lowest BCUT2D eigenvalue weighted by molar-refractivity contribution is -0.111. The Morgan fingerprint density at radius 2 is 1.55 bits per heavy atom. The summed E-state index contributed by atoms with van der Waals surface area (Å²) in [5, 5.41) is 0. The van der Waals surface area contributed by atoms with Gasteiger partial charge >= 0.3 is 0 Å². The number of ketones is 1. The molecule has 2 N–H and O–H groups in total. The van der Waals surface area contributed by atoms with Crippen LogP contribution in [0, 0.1) is 0 Å². The number of hydrogen-bond acceptors (Lipinski definition) is 3. The van der Waals surface area contributed by atoms with Crippen molar-refractivity contribution < 1.29 is 4.79 Å². The zero-order valence-corrected chi connectivity index (χ0v) is 10.8. The molecule has 0 radical (unpaired) electrons. The number of hydrazine groups is 1. The summed E-state index contributed by atoms with van der Waals surface area (Å²) in [4.78, 5) is 11.9. The second-order valence-corrected chi connectivity index (χ2v) is 4.50. The number of carbonyl (C=O) groups excluding carboxylic acids is 1. The Morgan fingerprint density at radius 1 is 0.800 bits per heavy atom. The van der Waals surface area contributed by atoms with Crippen molar-refractivity contribution in [3.63, 3.8) is 0 Å². The number of nitrogens with one attached hydrogen (secondary N) is 2. The van der Waals surface area contributed by atoms with Crippen molar-refractivity contribution in [3.8, 4) is 0 Å². The highest BCUT2D eigenvalue weighted by Crippen LogP contribution is 2.20. The summed E-state index contributed by atoms with van der Waals surface area (Å²) in [5.41, 5.74) is 9.67. The third-order valence-electron chi connectivity index (χ3n) is 3.08. The topological polar surface area (TPSA) is 41.1 Å². The molecule has 0 atom stereocenters. The van der Waals surface area contributed by atoms with Crippen LogP contribution in [-0.4, -0.2) is 5.78 Å². The van der Waals surface area contributed by atoms with Crippen LogP contribution in [0.3, 0.4) is 0 Å². The summed E-state index contributed by atoms with van der Waals surface area (Å²) in [6.45, 7) is 0. The summed E-state index contributed by atoms with van der Waals surface area (Å²) in [5.74, 6) is 0.0291. The summed E-state index contributed by atoms with van der Waals surface area (Å²) in [7, 11) is 0. The second-order valence-electron chi connectivity index (χ2n) is 4.50. The molecule has 20 heavy (non-hydrogen) atoms. The fourth-order valence-electron chi connectivity index (χ4n) is 2.05. The van der Waals surface area contributed by atoms with Gasteiger partial charge in [-0.3, -0.25) is 4.79 Å². The van der Waals surface area contributed by atoms with E-state index in [0.717, 1.165) is 17.0 Å². The molecule has 3 rings (SSSR count). The van der Waals surface area contributed by atoms with Crippen LogP contribution in [0.4, 0.5) is 5.69 Å². The molecule has 1 aromatic rings. The van der Waals surface area contributed by atoms with Crippen molar-refractivity contribution in [1.82, 2.24) is 5.43 Å². The van der Waals surface area contributed by atoms with Gasteiger partial charge in [-0.1, -0.05) is 42.5 Å². The maximum absolute atomic E-state index is 11.9. The molecule has 0 fully saturated rings. The van der Waals surface area contributed by atoms with Gasteiger partial charge in [-0.2, -0.15) is 0 Å². The molecule has 0 aromatic heterocycles. The Morgan fingerprint density at radius 3 is 2.30 bits per heavy atom. The number of hydrogen-bond donors (Lipinski definition) is 2. The zero-order valence-electron chi connectivity index (χ0n) is 10.8. The lowest BCUT2D eigenvalue weighted by Gasteiger charge is -2.14. The van der Waals surface area contributed by atoms with E-state index in [0.29, 0.717) is 5.57 Å². The molecule has 1 aromatic carbocycles. The molecule has 0 spiro atoms. The third kappa shape index (κ3) is 2.62. The molecule has 0 amide bonds. The average molecular weight is 262 g/mol. The molecule has 2 aliphatic carbocycles. The number of benzene rings is 1. The van der Waals surface area contributed by atoms with Crippen LogP contribution < -0.4 is 10.9 Å². The van der Waals surface area contributed by atoms with Crippen LogP contribution in [-0.2, 0) is 4.79 Å². The molecule has 2 aliphatic rings. The predicted molar refractivity (Wildman–Crippen MR) is 80.7 cm³/mol. The number of anilines is 1. The van der Waals surface area contributed by atoms with Gasteiger partial charge in [-0.05, 0) is 35.9 Å². The highest BCUT2D eigenvalue weighted by atomic mass is 16.1. The molecule has 0 saturated carbocycles. The minimum Gasteiger partial charge on any atom is -0.301 e. The van der Waals surface area contributed by atoms with Gasteiger partial charge < -0.3 is 10.9 Å². The van der Waals surface area contributed by atoms with Crippen molar-refractivity contribution in [2.45, 2.75) is 0 Å². The van der Waals surface area contributed by atoms with E-state index in [4.69, 9.17) is 0 Å². The van der Waals surface area contributed by atoms with Crippen molar-refractivity contribution >= 4 is 11.5 Å². The van der Waals surface area contributed by atoms with Crippen molar-refractivity contribution in [1.29, 1.82) is 0 Å². The van der Waals surface area contributed by atoms with Crippen LogP contribution in [0.2, 0.25) is 0 Å². The van der Waals surface area contributed by atoms with Gasteiger partial charge in [-0.25, -0.2) is 0 Å². The lowest BCUT2D eigenvalue weighted by atomic mass is 9.99. The number of carbonyl (C=O) groups is 1. The van der Waals surface area contributed by atoms with Gasteiger partial charge in [0.1, 0.15) is 0 Å². The van der Waals surface area contributed by atoms with Crippen LogP contribution in [0.25, 0.3) is 0 Å². The first-order valence-electron chi connectivity index (χ1n) is 6.43. The lowest BCUT2D eigenvalue weighted by Crippen LogP contribution is -2.22. The van der Waals surface area contributed by atoms with E-state index >= 15 is 0 Å². The molecule has 0 aliphatic heterocycles. The van der Waals surface area contributed by atoms with Gasteiger partial charge in [0.2, 0.25) is 0 Å². The monoisotopic (exact) mass is 262 g/mol. The normalized spacial score (nSPS) is 16.6. The molecule has 3 heteroatoms. The zero-order chi connectivity index (χ0) is 13.8. The van der Waals surface area contributed by atoms with Crippen molar-refractivity contribution in [2.24, 2.45) is 0 Å². The van der Waals surface area contributed by atoms with Crippen LogP contribution in [0.5, 0.6) is 0 Å². The van der Waals surface area contributed by atoms with Gasteiger partial charge in [0, 0.05) is 5.57 Å². The fraction of sp³-hybridized carbons (Fsp3) is 0. The highest BCUT2D eigenvalue weighted by Gasteiger charge is 2.13. The minimum atomic E-state index is 0.0291. The largest absolute Gasteiger partial charge is 0.301 e. The maximum Gasteiger partial charge on any atom is 0.186 e. The summed E-state index contributed by atoms with van der Waals surface area (Å²) in [6.07, 6.45) is 12.9. The van der Waals surface area contributed by atoms with Gasteiger partial charge in [0.15, 0.2) is 5.78 Å². The SMILES string of the molecule is O=C1C=CC(NNc2ccccc2)=CC1=C1C=CC=C1. The first-order chi connectivity index (χ1) is 9.83. The van der Waals surface area contributed by atoms with E-state index in [9.17, 15) is 4.79 Å². The number of allylic oxidation sites excluding steroid dienone is 9. The summed E-state index contributed by atoms with van der Waals surface area (Å²) >= 11 is 0. The predicted octanol–water partition coefficient (Wildman–Crippen LogP) is 3.05. The van der Waals surface area contributed by atoms with Gasteiger partial charge in [-0.15, -0.1) is 0 Å². The Labute approximate surface area is 117 Å². The minimum absolute atomic E-state index is 0.0291. The Bertz CT molecular complexity index is 662. The molecule has 0 bridgehead atoms. The van der Waals surface area contributed by atoms with Crippen molar-refractivity contribution in [3.05, 3.63) is 89.7 Å². The van der Waals surface area contributed by atoms with E-state index in [2.05, 4.69) is 10.9 Å². The molecule has 0 saturated heterocycles. The van der Waals surface area contributed by atoms with E-state index in [1.165, 1.54) is 0 Å². The van der Waals surface area contributed by atoms with E-state index in [1.54, 1.807) is 12.2 Å². The summed E-state index contributed by atoms with van der Waals surface area (Å²) in [6, 6.07) is 9.81. The first kappa shape index (κ1) is 12.2. The van der Waals surface area contributed by atoms with E-state index in [1.807, 2.05) is 60.7 Å². The highest BCUT2D eigenvalue weighted by molar-refractivity contribution is 6.09. The molecule has 0 unspecified atom stereocenters. The maximum atomic E-state index is 11.9. The fourth-order valence-corrected chi connectivity index (χ4v) is 2.05. The summed E-state index contributed by atoms with van der Waals surface area (Å²) < 4.78 is 0. The first-order valence-corrected chi connectivity index (χ1v) is 6.43. The molecule has 0 heterocycles. The Hall–Kier alpha value is -2.81. The molecule has 98 valence electrons. The van der Waals surface area contributed by atoms with Crippen LogP contribution in [0.15, 0.2) is 89.7 Å². The quantitative estimate of drug-likeness (QED) is 0.650. The van der Waals surface area contributed by atoms with Gasteiger partial charge in [0.05, 0.1) is 11.4 Å². The second kappa shape index (κ2) is 5.45. The molecular formula is C17H14N2O. The number of rotatable bonds is 3. The van der Waals surface area contributed by atoms with E-state index in [-0.39, 0.29) is 5.78 Å². The average Bonchev–Trinajstić information content (AvgIpc) is 3.01. The number of para-hydroxylation sites is 1. The smallest absolute Gasteiger partial charge is 0.186 e. The standard InChI is InChI=1S/C17H14N2O/c20-17-11-10-15(12-16(17)13-6-4-5-7-13)19-18-14-8-2-1-3-9-14/h1-12,18-19H. The molecule has 3 nitrogen and oxygen atoms in total. The van der Waals surface area contributed by atoms with E-state index < -0.39 is 0 Å². The van der Waals surface area contributed by atoms with Crippen LogP contribution >= 0.6 is 0 Å². The Kier molecular flexibility index (Phi) is 3.33. The Balaban J connectivity index is 1.77. The third-order valence-corrected chi connectivity index (χ3v) is 3.08. The van der Waals surface area contributed by atoms with Crippen molar-refractivity contribution in [2.75, 3.05) is 5.43 Å². The van der Waals surface area contributed by atoms with Crippen LogP contribution in [0.1, 0.15) is 0 Å². The molecular weight excluding hydrogens is 248 g/mol. The van der Waals surface area contributed by atoms with Gasteiger partial charge in [0.25, 0.3) is 0 Å².